The fraction of sp³-hybridized carbons (Fsp3) is 0.200. The van der Waals surface area contributed by atoms with Gasteiger partial charge in [-0.15, -0.1) is 0 Å². The third-order valence-electron chi connectivity index (χ3n) is 5.35. The summed E-state index contributed by atoms with van der Waals surface area (Å²) in [6, 6.07) is 17.7. The van der Waals surface area contributed by atoms with Gasteiger partial charge in [0.05, 0.1) is 30.6 Å². The fourth-order valence-corrected chi connectivity index (χ4v) is 3.65. The molecule has 4 rings (SSSR count). The molecule has 3 aromatic rings. The van der Waals surface area contributed by atoms with Crippen LogP contribution in [0.4, 0.5) is 5.69 Å². The van der Waals surface area contributed by atoms with Gasteiger partial charge in [0.25, 0.3) is 5.91 Å². The maximum atomic E-state index is 12.6. The van der Waals surface area contributed by atoms with E-state index in [9.17, 15) is 14.7 Å². The second-order valence-corrected chi connectivity index (χ2v) is 7.62. The molecular weight excluding hydrogens is 406 g/mol. The number of carbonyl (C=O) groups is 2. The van der Waals surface area contributed by atoms with Crippen LogP contribution < -0.4 is 10.6 Å². The van der Waals surface area contributed by atoms with Gasteiger partial charge in [-0.05, 0) is 54.0 Å². The van der Waals surface area contributed by atoms with Gasteiger partial charge in [0.2, 0.25) is 5.91 Å². The van der Waals surface area contributed by atoms with E-state index in [2.05, 4.69) is 21.6 Å². The van der Waals surface area contributed by atoms with Gasteiger partial charge in [0.15, 0.2) is 0 Å². The van der Waals surface area contributed by atoms with Crippen LogP contribution in [0.3, 0.4) is 0 Å². The second-order valence-electron chi connectivity index (χ2n) is 7.62. The molecule has 2 heterocycles. The molecule has 1 aromatic heterocycles. The number of nitrogens with one attached hydrogen (secondary N) is 2. The first-order valence-electron chi connectivity index (χ1n) is 10.5. The summed E-state index contributed by atoms with van der Waals surface area (Å²) in [5, 5.41) is 15.1. The number of furan rings is 1. The Bertz CT molecular complexity index is 1100. The van der Waals surface area contributed by atoms with Crippen molar-refractivity contribution in [3.05, 3.63) is 89.9 Å². The summed E-state index contributed by atoms with van der Waals surface area (Å²) < 4.78 is 5.23. The Morgan fingerprint density at radius 3 is 2.56 bits per heavy atom. The summed E-state index contributed by atoms with van der Waals surface area (Å²) in [4.78, 5) is 27.3. The summed E-state index contributed by atoms with van der Waals surface area (Å²) in [5.41, 5.74) is 3.17. The maximum absolute atomic E-state index is 12.6. The number of aromatic hydroxyl groups is 1. The van der Waals surface area contributed by atoms with Crippen LogP contribution in [0.15, 0.2) is 77.4 Å². The normalized spacial score (nSPS) is 13.9. The van der Waals surface area contributed by atoms with E-state index in [1.165, 1.54) is 5.57 Å². The molecule has 2 aromatic carbocycles. The van der Waals surface area contributed by atoms with Crippen molar-refractivity contribution in [2.45, 2.75) is 13.0 Å². The third kappa shape index (κ3) is 5.44. The number of anilines is 1. The van der Waals surface area contributed by atoms with Crippen LogP contribution in [0, 0.1) is 0 Å². The van der Waals surface area contributed by atoms with Gasteiger partial charge < -0.3 is 20.2 Å². The molecular formula is C25H25N3O4. The van der Waals surface area contributed by atoms with E-state index in [1.54, 1.807) is 54.8 Å². The molecule has 0 radical (unpaired) electrons. The summed E-state index contributed by atoms with van der Waals surface area (Å²) in [7, 11) is 0. The van der Waals surface area contributed by atoms with Crippen molar-refractivity contribution in [3.63, 3.8) is 0 Å². The van der Waals surface area contributed by atoms with Gasteiger partial charge in [-0.2, -0.15) is 0 Å². The van der Waals surface area contributed by atoms with E-state index in [0.717, 1.165) is 18.5 Å². The quantitative estimate of drug-likeness (QED) is 0.531. The molecule has 1 aliphatic heterocycles. The molecule has 0 saturated carbocycles. The van der Waals surface area contributed by atoms with Crippen LogP contribution in [0.1, 0.15) is 28.1 Å². The monoisotopic (exact) mass is 431 g/mol. The minimum Gasteiger partial charge on any atom is -0.508 e. The Hall–Kier alpha value is -3.84. The standard InChI is InChI=1S/C25H25N3O4/c29-20-9-7-18(8-10-20)19-11-13-28(14-12-19)17-24(30)27-23-6-2-1-5-22(23)25(31)26-16-21-4-3-15-32-21/h1-11,15,29H,12-14,16-17H2,(H,26,31)(H,27,30). The Morgan fingerprint density at radius 1 is 1.03 bits per heavy atom. The van der Waals surface area contributed by atoms with Gasteiger partial charge in [-0.25, -0.2) is 0 Å². The number of hydrogen-bond donors (Lipinski definition) is 3. The fourth-order valence-electron chi connectivity index (χ4n) is 3.65. The number of phenols is 1. The molecule has 0 aliphatic carbocycles. The van der Waals surface area contributed by atoms with Crippen molar-refractivity contribution in [1.29, 1.82) is 0 Å². The Kier molecular flexibility index (Phi) is 6.67. The van der Waals surface area contributed by atoms with Crippen molar-refractivity contribution >= 4 is 23.1 Å². The van der Waals surface area contributed by atoms with Crippen molar-refractivity contribution in [1.82, 2.24) is 10.2 Å². The summed E-state index contributed by atoms with van der Waals surface area (Å²) >= 11 is 0. The summed E-state index contributed by atoms with van der Waals surface area (Å²) in [6.07, 6.45) is 4.49. The summed E-state index contributed by atoms with van der Waals surface area (Å²) in [5.74, 6) is 0.456. The van der Waals surface area contributed by atoms with E-state index < -0.39 is 0 Å². The first-order valence-corrected chi connectivity index (χ1v) is 10.5. The number of nitrogens with zero attached hydrogens (tertiary/aromatic N) is 1. The van der Waals surface area contributed by atoms with Crippen molar-refractivity contribution < 1.29 is 19.1 Å². The number of rotatable bonds is 7. The predicted molar refractivity (Wildman–Crippen MR) is 122 cm³/mol. The van der Waals surface area contributed by atoms with Crippen LogP contribution >= 0.6 is 0 Å². The van der Waals surface area contributed by atoms with Crippen LogP contribution in [0.2, 0.25) is 0 Å². The lowest BCUT2D eigenvalue weighted by molar-refractivity contribution is -0.117. The van der Waals surface area contributed by atoms with Crippen molar-refractivity contribution in [2.75, 3.05) is 25.0 Å². The highest BCUT2D eigenvalue weighted by molar-refractivity contribution is 6.04. The highest BCUT2D eigenvalue weighted by atomic mass is 16.3. The maximum Gasteiger partial charge on any atom is 0.253 e. The summed E-state index contributed by atoms with van der Waals surface area (Å²) in [6.45, 7) is 1.93. The highest BCUT2D eigenvalue weighted by Gasteiger charge is 2.18. The smallest absolute Gasteiger partial charge is 0.253 e. The number of para-hydroxylation sites is 1. The van der Waals surface area contributed by atoms with Crippen molar-refractivity contribution in [2.24, 2.45) is 0 Å². The molecule has 32 heavy (non-hydrogen) atoms. The minimum atomic E-state index is -0.281. The molecule has 164 valence electrons. The largest absolute Gasteiger partial charge is 0.508 e. The SMILES string of the molecule is O=C(CN1CC=C(c2ccc(O)cc2)CC1)Nc1ccccc1C(=O)NCc1ccco1. The Balaban J connectivity index is 1.32. The van der Waals surface area contributed by atoms with Gasteiger partial charge in [0, 0.05) is 13.1 Å². The van der Waals surface area contributed by atoms with E-state index in [1.807, 2.05) is 12.1 Å². The van der Waals surface area contributed by atoms with Gasteiger partial charge in [-0.1, -0.05) is 30.3 Å². The number of carbonyl (C=O) groups excluding carboxylic acids is 2. The van der Waals surface area contributed by atoms with E-state index >= 15 is 0 Å². The molecule has 0 unspecified atom stereocenters. The zero-order chi connectivity index (χ0) is 22.3. The van der Waals surface area contributed by atoms with Crippen molar-refractivity contribution in [3.8, 4) is 5.75 Å². The lowest BCUT2D eigenvalue weighted by Gasteiger charge is -2.26. The molecule has 0 saturated heterocycles. The molecule has 2 amide bonds. The van der Waals surface area contributed by atoms with Crippen LogP contribution in [-0.4, -0.2) is 41.5 Å². The van der Waals surface area contributed by atoms with E-state index in [-0.39, 0.29) is 30.7 Å². The third-order valence-corrected chi connectivity index (χ3v) is 5.35. The number of hydrogen-bond acceptors (Lipinski definition) is 5. The molecule has 1 aliphatic rings. The Labute approximate surface area is 186 Å². The topological polar surface area (TPSA) is 94.8 Å². The first kappa shape index (κ1) is 21.4. The highest BCUT2D eigenvalue weighted by Crippen LogP contribution is 2.24. The van der Waals surface area contributed by atoms with E-state index in [0.29, 0.717) is 23.6 Å². The first-order chi connectivity index (χ1) is 15.6. The van der Waals surface area contributed by atoms with Gasteiger partial charge in [0.1, 0.15) is 11.5 Å². The zero-order valence-corrected chi connectivity index (χ0v) is 17.6. The second kappa shape index (κ2) is 9.98. The molecule has 0 bridgehead atoms. The lowest BCUT2D eigenvalue weighted by Crippen LogP contribution is -2.36. The van der Waals surface area contributed by atoms with Crippen LogP contribution in [0.5, 0.6) is 5.75 Å². The molecule has 0 fully saturated rings. The van der Waals surface area contributed by atoms with E-state index in [4.69, 9.17) is 4.42 Å². The minimum absolute atomic E-state index is 0.169. The zero-order valence-electron chi connectivity index (χ0n) is 17.6. The van der Waals surface area contributed by atoms with Crippen LogP contribution in [-0.2, 0) is 11.3 Å². The molecule has 0 atom stereocenters. The van der Waals surface area contributed by atoms with Crippen LogP contribution in [0.25, 0.3) is 5.57 Å². The number of benzene rings is 2. The number of amides is 2. The number of phenolic OH excluding ortho intramolecular Hbond substituents is 1. The van der Waals surface area contributed by atoms with Gasteiger partial charge in [-0.3, -0.25) is 14.5 Å². The molecule has 0 spiro atoms. The lowest BCUT2D eigenvalue weighted by atomic mass is 9.99. The average molecular weight is 431 g/mol. The molecule has 7 heteroatoms. The predicted octanol–water partition coefficient (Wildman–Crippen LogP) is 3.64. The molecule has 3 N–H and O–H groups in total. The Morgan fingerprint density at radius 2 is 1.84 bits per heavy atom. The molecule has 7 nitrogen and oxygen atoms in total. The van der Waals surface area contributed by atoms with Gasteiger partial charge >= 0.3 is 0 Å². The average Bonchev–Trinajstić information content (AvgIpc) is 3.33.